The third-order valence-corrected chi connectivity index (χ3v) is 3.98. The zero-order valence-electron chi connectivity index (χ0n) is 15.5. The number of hydrogen-bond acceptors (Lipinski definition) is 6. The summed E-state index contributed by atoms with van der Waals surface area (Å²) in [5.74, 6) is -0.441. The molecule has 2 rings (SSSR count). The summed E-state index contributed by atoms with van der Waals surface area (Å²) in [6.45, 7) is 5.88. The molecule has 2 amide bonds. The Bertz CT molecular complexity index is 774. The number of esters is 1. The van der Waals surface area contributed by atoms with Crippen molar-refractivity contribution in [2.45, 2.75) is 39.7 Å². The lowest BCUT2D eigenvalue weighted by Crippen LogP contribution is -2.45. The van der Waals surface area contributed by atoms with Gasteiger partial charge in [0.15, 0.2) is 5.75 Å². The van der Waals surface area contributed by atoms with Gasteiger partial charge in [0.2, 0.25) is 0 Å². The van der Waals surface area contributed by atoms with Crippen molar-refractivity contribution in [1.82, 2.24) is 10.6 Å². The lowest BCUT2D eigenvalue weighted by Gasteiger charge is -2.29. The normalized spacial score (nSPS) is 16.4. The van der Waals surface area contributed by atoms with E-state index in [9.17, 15) is 19.7 Å². The van der Waals surface area contributed by atoms with Gasteiger partial charge in [0, 0.05) is 11.8 Å². The summed E-state index contributed by atoms with van der Waals surface area (Å²) >= 11 is 0. The van der Waals surface area contributed by atoms with Crippen LogP contribution in [-0.2, 0) is 9.53 Å². The van der Waals surface area contributed by atoms with E-state index in [-0.39, 0.29) is 23.6 Å². The Balaban J connectivity index is 2.52. The van der Waals surface area contributed by atoms with Gasteiger partial charge in [0.25, 0.3) is 0 Å². The Kier molecular flexibility index (Phi) is 6.75. The number of urea groups is 1. The largest absolute Gasteiger partial charge is 0.487 e. The number of hydrogen-bond donors (Lipinski definition) is 2. The molecule has 0 fully saturated rings. The van der Waals surface area contributed by atoms with E-state index in [1.165, 1.54) is 12.1 Å². The number of benzene rings is 1. The van der Waals surface area contributed by atoms with Crippen LogP contribution < -0.4 is 15.4 Å². The van der Waals surface area contributed by atoms with Crippen molar-refractivity contribution in [2.75, 3.05) is 13.2 Å². The minimum Gasteiger partial charge on any atom is -0.487 e. The molecule has 2 N–H and O–H groups in total. The summed E-state index contributed by atoms with van der Waals surface area (Å²) in [6, 6.07) is 3.05. The molecule has 1 atom stereocenters. The van der Waals surface area contributed by atoms with Crippen molar-refractivity contribution in [3.05, 3.63) is 45.1 Å². The zero-order chi connectivity index (χ0) is 20.0. The molecular formula is C18H23N3O6. The van der Waals surface area contributed by atoms with Gasteiger partial charge in [0.1, 0.15) is 0 Å². The summed E-state index contributed by atoms with van der Waals surface area (Å²) in [7, 11) is 0. The first-order valence-corrected chi connectivity index (χ1v) is 8.81. The summed E-state index contributed by atoms with van der Waals surface area (Å²) in [4.78, 5) is 35.4. The van der Waals surface area contributed by atoms with Crippen LogP contribution in [-0.4, -0.2) is 30.1 Å². The molecule has 27 heavy (non-hydrogen) atoms. The van der Waals surface area contributed by atoms with E-state index in [1.54, 1.807) is 19.9 Å². The maximum atomic E-state index is 12.5. The SMILES string of the molecule is CCCOc1ccc(C2NC(=O)NC(CC)=C2C(=O)OCC)cc1[N+](=O)[O-]. The van der Waals surface area contributed by atoms with Crippen molar-refractivity contribution < 1.29 is 24.0 Å². The average Bonchev–Trinajstić information content (AvgIpc) is 2.65. The number of rotatable bonds is 8. The van der Waals surface area contributed by atoms with E-state index in [1.807, 2.05) is 6.92 Å². The third kappa shape index (κ3) is 4.55. The molecule has 0 saturated heterocycles. The molecular weight excluding hydrogens is 354 g/mol. The number of allylic oxidation sites excluding steroid dienone is 1. The summed E-state index contributed by atoms with van der Waals surface area (Å²) in [6.07, 6.45) is 1.11. The Labute approximate surface area is 156 Å². The van der Waals surface area contributed by atoms with Crippen LogP contribution in [0.2, 0.25) is 0 Å². The first-order chi connectivity index (χ1) is 12.9. The topological polar surface area (TPSA) is 120 Å². The Morgan fingerprint density at radius 1 is 1.30 bits per heavy atom. The molecule has 0 aliphatic carbocycles. The molecule has 9 nitrogen and oxygen atoms in total. The van der Waals surface area contributed by atoms with Crippen molar-refractivity contribution in [1.29, 1.82) is 0 Å². The monoisotopic (exact) mass is 377 g/mol. The van der Waals surface area contributed by atoms with E-state index >= 15 is 0 Å². The van der Waals surface area contributed by atoms with Crippen molar-refractivity contribution in [3.63, 3.8) is 0 Å². The minimum absolute atomic E-state index is 0.142. The maximum absolute atomic E-state index is 12.5. The van der Waals surface area contributed by atoms with Gasteiger partial charge in [0.05, 0.1) is 29.8 Å². The number of amides is 2. The highest BCUT2D eigenvalue weighted by atomic mass is 16.6. The molecule has 0 radical (unpaired) electrons. The molecule has 1 aromatic carbocycles. The summed E-state index contributed by atoms with van der Waals surface area (Å²) < 4.78 is 10.5. The van der Waals surface area contributed by atoms with Gasteiger partial charge in [-0.2, -0.15) is 0 Å². The van der Waals surface area contributed by atoms with E-state index in [0.717, 1.165) is 0 Å². The zero-order valence-corrected chi connectivity index (χ0v) is 15.5. The van der Waals surface area contributed by atoms with Crippen molar-refractivity contribution in [2.24, 2.45) is 0 Å². The molecule has 0 bridgehead atoms. The predicted molar refractivity (Wildman–Crippen MR) is 97.2 cm³/mol. The number of carbonyl (C=O) groups is 2. The molecule has 0 saturated carbocycles. The summed E-state index contributed by atoms with van der Waals surface area (Å²) in [5.41, 5.74) is 0.830. The molecule has 1 aliphatic rings. The molecule has 1 aromatic rings. The fourth-order valence-electron chi connectivity index (χ4n) is 2.79. The fourth-order valence-corrected chi connectivity index (χ4v) is 2.79. The van der Waals surface area contributed by atoms with E-state index in [4.69, 9.17) is 9.47 Å². The van der Waals surface area contributed by atoms with Crippen LogP contribution in [0.3, 0.4) is 0 Å². The number of nitrogens with zero attached hydrogens (tertiary/aromatic N) is 1. The van der Waals surface area contributed by atoms with Gasteiger partial charge in [-0.25, -0.2) is 9.59 Å². The third-order valence-electron chi connectivity index (χ3n) is 3.98. The fraction of sp³-hybridized carbons (Fsp3) is 0.444. The molecule has 1 aliphatic heterocycles. The molecule has 9 heteroatoms. The lowest BCUT2D eigenvalue weighted by atomic mass is 9.94. The van der Waals surface area contributed by atoms with Crippen LogP contribution in [0, 0.1) is 10.1 Å². The molecule has 0 aromatic heterocycles. The van der Waals surface area contributed by atoms with E-state index in [0.29, 0.717) is 30.7 Å². The van der Waals surface area contributed by atoms with Crippen LogP contribution in [0.4, 0.5) is 10.5 Å². The number of nitrogens with one attached hydrogen (secondary N) is 2. The van der Waals surface area contributed by atoms with Crippen LogP contribution in [0.5, 0.6) is 5.75 Å². The van der Waals surface area contributed by atoms with Gasteiger partial charge < -0.3 is 20.1 Å². The molecule has 1 unspecified atom stereocenters. The highest BCUT2D eigenvalue weighted by molar-refractivity contribution is 5.95. The van der Waals surface area contributed by atoms with Crippen LogP contribution >= 0.6 is 0 Å². The Hall–Kier alpha value is -3.10. The number of nitro benzene ring substituents is 1. The van der Waals surface area contributed by atoms with Crippen molar-refractivity contribution in [3.8, 4) is 5.75 Å². The van der Waals surface area contributed by atoms with Gasteiger partial charge in [-0.3, -0.25) is 10.1 Å². The molecule has 146 valence electrons. The lowest BCUT2D eigenvalue weighted by molar-refractivity contribution is -0.385. The van der Waals surface area contributed by atoms with Gasteiger partial charge in [-0.15, -0.1) is 0 Å². The highest BCUT2D eigenvalue weighted by Gasteiger charge is 2.34. The molecule has 0 spiro atoms. The van der Waals surface area contributed by atoms with Crippen LogP contribution in [0.15, 0.2) is 29.5 Å². The second-order valence-electron chi connectivity index (χ2n) is 5.83. The second kappa shape index (κ2) is 9.02. The standard InChI is InChI=1S/C18H23N3O6/c1-4-9-27-14-8-7-11(10-13(14)21(24)25)16-15(17(22)26-6-3)12(5-2)19-18(23)20-16/h7-8,10,16H,4-6,9H2,1-3H3,(H2,19,20,23). The van der Waals surface area contributed by atoms with Crippen molar-refractivity contribution >= 4 is 17.7 Å². The van der Waals surface area contributed by atoms with Crippen LogP contribution in [0.1, 0.15) is 45.2 Å². The second-order valence-corrected chi connectivity index (χ2v) is 5.83. The maximum Gasteiger partial charge on any atom is 0.338 e. The van der Waals surface area contributed by atoms with E-state index < -0.39 is 23.0 Å². The Morgan fingerprint density at radius 2 is 2.04 bits per heavy atom. The number of carbonyl (C=O) groups excluding carboxylic acids is 2. The number of ether oxygens (including phenoxy) is 2. The quantitative estimate of drug-likeness (QED) is 0.408. The summed E-state index contributed by atoms with van der Waals surface area (Å²) in [5, 5.41) is 16.7. The molecule has 1 heterocycles. The first kappa shape index (κ1) is 20.2. The first-order valence-electron chi connectivity index (χ1n) is 8.81. The van der Waals surface area contributed by atoms with Gasteiger partial charge in [-0.05, 0) is 31.4 Å². The Morgan fingerprint density at radius 3 is 2.63 bits per heavy atom. The van der Waals surface area contributed by atoms with Gasteiger partial charge >= 0.3 is 17.7 Å². The predicted octanol–water partition coefficient (Wildman–Crippen LogP) is 2.96. The van der Waals surface area contributed by atoms with Crippen LogP contribution in [0.25, 0.3) is 0 Å². The average molecular weight is 377 g/mol. The van der Waals surface area contributed by atoms with Gasteiger partial charge in [-0.1, -0.05) is 19.9 Å². The highest BCUT2D eigenvalue weighted by Crippen LogP contribution is 2.35. The number of nitro groups is 1. The van der Waals surface area contributed by atoms with E-state index in [2.05, 4.69) is 10.6 Å². The minimum atomic E-state index is -0.855. The smallest absolute Gasteiger partial charge is 0.338 e.